The van der Waals surface area contributed by atoms with E-state index in [0.717, 1.165) is 13.0 Å². The molecule has 0 bridgehead atoms. The molecule has 1 aliphatic rings. The highest BCUT2D eigenvalue weighted by Crippen LogP contribution is 2.23. The highest BCUT2D eigenvalue weighted by molar-refractivity contribution is 6.02. The Morgan fingerprint density at radius 2 is 2.18 bits per heavy atom. The molecular weight excluding hydrogens is 218 g/mol. The number of hydrogen-bond donors (Lipinski definition) is 3. The Labute approximate surface area is 102 Å². The van der Waals surface area contributed by atoms with Crippen molar-refractivity contribution < 1.29 is 10.0 Å². The molecule has 0 aromatic carbocycles. The normalized spacial score (nSPS) is 19.2. The minimum Gasteiger partial charge on any atom is -0.409 e. The fourth-order valence-corrected chi connectivity index (χ4v) is 2.35. The summed E-state index contributed by atoms with van der Waals surface area (Å²) in [6.07, 6.45) is 6.37. The summed E-state index contributed by atoms with van der Waals surface area (Å²) in [5.41, 5.74) is 5.53. The van der Waals surface area contributed by atoms with Gasteiger partial charge in [-0.1, -0.05) is 31.3 Å². The van der Waals surface area contributed by atoms with Gasteiger partial charge in [-0.15, -0.1) is 0 Å². The summed E-state index contributed by atoms with van der Waals surface area (Å²) in [5.74, 6) is 0.00439. The molecule has 0 aliphatic heterocycles. The van der Waals surface area contributed by atoms with Gasteiger partial charge >= 0.3 is 0 Å². The van der Waals surface area contributed by atoms with Crippen LogP contribution >= 0.6 is 0 Å². The van der Waals surface area contributed by atoms with E-state index >= 15 is 0 Å². The van der Waals surface area contributed by atoms with E-state index in [-0.39, 0.29) is 11.7 Å². The topological polar surface area (TPSA) is 87.7 Å². The van der Waals surface area contributed by atoms with Gasteiger partial charge in [-0.2, -0.15) is 0 Å². The number of oxime groups is 1. The number of amides is 1. The van der Waals surface area contributed by atoms with Gasteiger partial charge in [-0.05, 0) is 25.2 Å². The minimum atomic E-state index is -0.494. The molecule has 1 saturated carbocycles. The maximum atomic E-state index is 11.9. The van der Waals surface area contributed by atoms with Crippen LogP contribution in [0.1, 0.15) is 45.4 Å². The van der Waals surface area contributed by atoms with Crippen LogP contribution in [-0.4, -0.2) is 23.5 Å². The average Bonchev–Trinajstić information content (AvgIpc) is 2.85. The summed E-state index contributed by atoms with van der Waals surface area (Å²) in [5, 5.41) is 14.5. The molecule has 5 nitrogen and oxygen atoms in total. The molecular formula is C12H23N3O2. The molecule has 5 heteroatoms. The zero-order chi connectivity index (χ0) is 12.7. The van der Waals surface area contributed by atoms with Crippen molar-refractivity contribution in [1.82, 2.24) is 5.32 Å². The third-order valence-corrected chi connectivity index (χ3v) is 3.41. The first-order valence-corrected chi connectivity index (χ1v) is 6.44. The lowest BCUT2D eigenvalue weighted by Gasteiger charge is -2.16. The number of carbonyl (C=O) groups is 1. The molecule has 0 heterocycles. The van der Waals surface area contributed by atoms with Gasteiger partial charge in [-0.3, -0.25) is 4.79 Å². The van der Waals surface area contributed by atoms with Crippen molar-refractivity contribution >= 4 is 11.7 Å². The van der Waals surface area contributed by atoms with Crippen LogP contribution in [0.2, 0.25) is 0 Å². The molecule has 0 aromatic heterocycles. The lowest BCUT2D eigenvalue weighted by atomic mass is 10.0. The summed E-state index contributed by atoms with van der Waals surface area (Å²) in [6.45, 7) is 2.69. The number of rotatable bonds is 6. The maximum absolute atomic E-state index is 11.9. The highest BCUT2D eigenvalue weighted by atomic mass is 16.4. The second-order valence-corrected chi connectivity index (χ2v) is 4.76. The van der Waals surface area contributed by atoms with E-state index in [2.05, 4.69) is 10.5 Å². The smallest absolute Gasteiger partial charge is 0.230 e. The molecule has 0 aromatic rings. The summed E-state index contributed by atoms with van der Waals surface area (Å²) in [6, 6.07) is 0. The standard InChI is InChI=1S/C12H23N3O2/c1-2-5-10(11(13)15-17)12(16)14-8-9-6-3-4-7-9/h9-10,17H,2-8H2,1H3,(H2,13,15)(H,14,16). The zero-order valence-electron chi connectivity index (χ0n) is 10.5. The molecule has 1 rings (SSSR count). The van der Waals surface area contributed by atoms with E-state index in [1.165, 1.54) is 25.7 Å². The molecule has 0 spiro atoms. The molecule has 1 fully saturated rings. The fourth-order valence-electron chi connectivity index (χ4n) is 2.35. The van der Waals surface area contributed by atoms with Crippen LogP contribution in [0, 0.1) is 11.8 Å². The van der Waals surface area contributed by atoms with Crippen molar-refractivity contribution in [2.75, 3.05) is 6.54 Å². The summed E-state index contributed by atoms with van der Waals surface area (Å²) in [7, 11) is 0. The third-order valence-electron chi connectivity index (χ3n) is 3.41. The Balaban J connectivity index is 2.41. The first kappa shape index (κ1) is 13.8. The zero-order valence-corrected chi connectivity index (χ0v) is 10.5. The van der Waals surface area contributed by atoms with E-state index in [4.69, 9.17) is 10.9 Å². The van der Waals surface area contributed by atoms with Gasteiger partial charge in [0, 0.05) is 6.54 Å². The molecule has 1 atom stereocenters. The lowest BCUT2D eigenvalue weighted by Crippen LogP contribution is -2.40. The largest absolute Gasteiger partial charge is 0.409 e. The van der Waals surface area contributed by atoms with Crippen molar-refractivity contribution in [3.8, 4) is 0 Å². The van der Waals surface area contributed by atoms with E-state index < -0.39 is 5.92 Å². The number of nitrogens with zero attached hydrogens (tertiary/aromatic N) is 1. The Kier molecular flexibility index (Phi) is 5.80. The minimum absolute atomic E-state index is 0.00997. The Bertz CT molecular complexity index is 273. The predicted molar refractivity (Wildman–Crippen MR) is 66.8 cm³/mol. The van der Waals surface area contributed by atoms with Crippen LogP contribution in [0.4, 0.5) is 0 Å². The molecule has 98 valence electrons. The SMILES string of the molecule is CCCC(C(=O)NCC1CCCC1)C(N)=NO. The second-order valence-electron chi connectivity index (χ2n) is 4.76. The van der Waals surface area contributed by atoms with E-state index in [1.54, 1.807) is 0 Å². The van der Waals surface area contributed by atoms with Crippen LogP contribution in [0.3, 0.4) is 0 Å². The first-order valence-electron chi connectivity index (χ1n) is 6.44. The van der Waals surface area contributed by atoms with Crippen LogP contribution in [0.15, 0.2) is 5.16 Å². The summed E-state index contributed by atoms with van der Waals surface area (Å²) in [4.78, 5) is 11.9. The van der Waals surface area contributed by atoms with Crippen molar-refractivity contribution in [3.63, 3.8) is 0 Å². The summed E-state index contributed by atoms with van der Waals surface area (Å²) >= 11 is 0. The van der Waals surface area contributed by atoms with Crippen LogP contribution < -0.4 is 11.1 Å². The molecule has 0 radical (unpaired) electrons. The van der Waals surface area contributed by atoms with Crippen LogP contribution in [-0.2, 0) is 4.79 Å². The van der Waals surface area contributed by atoms with E-state index in [1.807, 2.05) is 6.92 Å². The van der Waals surface area contributed by atoms with Gasteiger partial charge in [0.15, 0.2) is 5.84 Å². The molecule has 1 unspecified atom stereocenters. The Morgan fingerprint density at radius 3 is 2.71 bits per heavy atom. The van der Waals surface area contributed by atoms with Gasteiger partial charge in [0.05, 0.1) is 5.92 Å². The number of nitrogens with one attached hydrogen (secondary N) is 1. The molecule has 17 heavy (non-hydrogen) atoms. The van der Waals surface area contributed by atoms with Gasteiger partial charge in [0.1, 0.15) is 0 Å². The van der Waals surface area contributed by atoms with Crippen molar-refractivity contribution in [2.45, 2.75) is 45.4 Å². The summed E-state index contributed by atoms with van der Waals surface area (Å²) < 4.78 is 0. The number of amidine groups is 1. The van der Waals surface area contributed by atoms with Gasteiger partial charge < -0.3 is 16.3 Å². The van der Waals surface area contributed by atoms with Gasteiger partial charge in [0.2, 0.25) is 5.91 Å². The number of carbonyl (C=O) groups excluding carboxylic acids is 1. The first-order chi connectivity index (χ1) is 8.19. The van der Waals surface area contributed by atoms with Gasteiger partial charge in [-0.25, -0.2) is 0 Å². The van der Waals surface area contributed by atoms with E-state index in [9.17, 15) is 4.79 Å². The second kappa shape index (κ2) is 7.14. The van der Waals surface area contributed by atoms with Gasteiger partial charge in [0.25, 0.3) is 0 Å². The number of hydrogen-bond acceptors (Lipinski definition) is 3. The predicted octanol–water partition coefficient (Wildman–Crippen LogP) is 1.46. The third kappa shape index (κ3) is 4.24. The molecule has 1 amide bonds. The average molecular weight is 241 g/mol. The number of nitrogens with two attached hydrogens (primary N) is 1. The highest BCUT2D eigenvalue weighted by Gasteiger charge is 2.23. The Hall–Kier alpha value is -1.26. The van der Waals surface area contributed by atoms with Crippen LogP contribution in [0.5, 0.6) is 0 Å². The molecule has 0 saturated heterocycles. The molecule has 1 aliphatic carbocycles. The van der Waals surface area contributed by atoms with Crippen LogP contribution in [0.25, 0.3) is 0 Å². The Morgan fingerprint density at radius 1 is 1.53 bits per heavy atom. The van der Waals surface area contributed by atoms with Crippen molar-refractivity contribution in [2.24, 2.45) is 22.7 Å². The van der Waals surface area contributed by atoms with Crippen molar-refractivity contribution in [1.29, 1.82) is 0 Å². The monoisotopic (exact) mass is 241 g/mol. The molecule has 4 N–H and O–H groups in total. The lowest BCUT2D eigenvalue weighted by molar-refractivity contribution is -0.123. The maximum Gasteiger partial charge on any atom is 0.230 e. The fraction of sp³-hybridized carbons (Fsp3) is 0.833. The quantitative estimate of drug-likeness (QED) is 0.285. The van der Waals surface area contributed by atoms with Crippen molar-refractivity contribution in [3.05, 3.63) is 0 Å². The van der Waals surface area contributed by atoms with E-state index in [0.29, 0.717) is 12.3 Å².